The van der Waals surface area contributed by atoms with E-state index >= 15 is 0 Å². The van der Waals surface area contributed by atoms with Crippen LogP contribution in [-0.2, 0) is 4.84 Å². The van der Waals surface area contributed by atoms with Crippen molar-refractivity contribution < 1.29 is 9.57 Å². The number of nitrogens with zero attached hydrogens (tertiary/aromatic N) is 1. The number of oxime groups is 1. The summed E-state index contributed by atoms with van der Waals surface area (Å²) in [4.78, 5) is 5.23. The molecule has 3 nitrogen and oxygen atoms in total. The fourth-order valence-corrected chi connectivity index (χ4v) is 1.72. The molecule has 4 heteroatoms. The molecule has 0 fully saturated rings. The number of ether oxygens (including phenoxy) is 1. The zero-order valence-electron chi connectivity index (χ0n) is 7.74. The van der Waals surface area contributed by atoms with E-state index in [1.807, 2.05) is 24.3 Å². The quantitative estimate of drug-likeness (QED) is 0.814. The highest BCUT2D eigenvalue weighted by Gasteiger charge is 2.20. The van der Waals surface area contributed by atoms with E-state index in [0.29, 0.717) is 0 Å². The van der Waals surface area contributed by atoms with Gasteiger partial charge in [0.1, 0.15) is 10.4 Å². The molecule has 0 radical (unpaired) electrons. The Labute approximate surface area is 90.8 Å². The minimum absolute atomic E-state index is 0.0373. The molecule has 1 aliphatic rings. The Kier molecular flexibility index (Phi) is 2.72. The average molecular weight is 256 g/mol. The Hall–Kier alpha value is -1.03. The molecular weight excluding hydrogens is 246 g/mol. The number of methoxy groups -OCH3 is 1. The minimum Gasteiger partial charge on any atom is -0.497 e. The highest BCUT2D eigenvalue weighted by Crippen LogP contribution is 2.29. The molecule has 0 aliphatic carbocycles. The zero-order chi connectivity index (χ0) is 9.97. The van der Waals surface area contributed by atoms with E-state index in [4.69, 9.17) is 9.57 Å². The maximum absolute atomic E-state index is 5.23. The minimum atomic E-state index is 0.0373. The summed E-state index contributed by atoms with van der Waals surface area (Å²) >= 11 is 3.30. The number of hydrogen-bond donors (Lipinski definition) is 0. The summed E-state index contributed by atoms with van der Waals surface area (Å²) in [5.74, 6) is 0.853. The van der Waals surface area contributed by atoms with E-state index in [9.17, 15) is 0 Å². The normalized spacial score (nSPS) is 20.1. The lowest BCUT2D eigenvalue weighted by Gasteiger charge is -2.08. The molecule has 1 heterocycles. The van der Waals surface area contributed by atoms with Crippen molar-refractivity contribution in [2.24, 2.45) is 5.16 Å². The van der Waals surface area contributed by atoms with Crippen LogP contribution in [0, 0.1) is 0 Å². The SMILES string of the molecule is COc1ccc([C@@H]2CC(Br)=NO2)cc1. The van der Waals surface area contributed by atoms with Crippen LogP contribution in [0.15, 0.2) is 29.4 Å². The van der Waals surface area contributed by atoms with Gasteiger partial charge < -0.3 is 9.57 Å². The second-order valence-corrected chi connectivity index (χ2v) is 3.95. The molecule has 0 bridgehead atoms. The van der Waals surface area contributed by atoms with Crippen molar-refractivity contribution >= 4 is 20.6 Å². The van der Waals surface area contributed by atoms with Crippen LogP contribution in [0.25, 0.3) is 0 Å². The Bertz CT molecular complexity index is 348. The van der Waals surface area contributed by atoms with Crippen LogP contribution in [0.2, 0.25) is 0 Å². The molecule has 2 rings (SSSR count). The second kappa shape index (κ2) is 4.00. The topological polar surface area (TPSA) is 30.8 Å². The highest BCUT2D eigenvalue weighted by atomic mass is 79.9. The van der Waals surface area contributed by atoms with Crippen LogP contribution in [0.3, 0.4) is 0 Å². The van der Waals surface area contributed by atoms with E-state index in [1.54, 1.807) is 7.11 Å². The Morgan fingerprint density at radius 2 is 2.14 bits per heavy atom. The number of hydrogen-bond acceptors (Lipinski definition) is 3. The summed E-state index contributed by atoms with van der Waals surface area (Å²) in [5.41, 5.74) is 1.11. The van der Waals surface area contributed by atoms with Crippen LogP contribution in [0.5, 0.6) is 5.75 Å². The maximum atomic E-state index is 5.23. The molecule has 0 spiro atoms. The number of halogens is 1. The third-order valence-electron chi connectivity index (χ3n) is 2.12. The first-order valence-corrected chi connectivity index (χ1v) is 5.11. The van der Waals surface area contributed by atoms with Gasteiger partial charge in [0.2, 0.25) is 0 Å². The van der Waals surface area contributed by atoms with Gasteiger partial charge in [-0.05, 0) is 33.6 Å². The van der Waals surface area contributed by atoms with Crippen molar-refractivity contribution in [1.29, 1.82) is 0 Å². The maximum Gasteiger partial charge on any atom is 0.158 e. The van der Waals surface area contributed by atoms with Gasteiger partial charge in [-0.15, -0.1) is 0 Å². The van der Waals surface area contributed by atoms with Crippen molar-refractivity contribution in [2.75, 3.05) is 7.11 Å². The molecule has 1 aromatic rings. The molecule has 0 amide bonds. The third-order valence-corrected chi connectivity index (χ3v) is 2.59. The van der Waals surface area contributed by atoms with Crippen molar-refractivity contribution in [1.82, 2.24) is 0 Å². The first kappa shape index (κ1) is 9.52. The molecule has 1 aromatic carbocycles. The largest absolute Gasteiger partial charge is 0.497 e. The smallest absolute Gasteiger partial charge is 0.158 e. The Morgan fingerprint density at radius 1 is 1.43 bits per heavy atom. The molecule has 0 saturated heterocycles. The molecule has 14 heavy (non-hydrogen) atoms. The third kappa shape index (κ3) is 1.90. The van der Waals surface area contributed by atoms with Gasteiger partial charge in [0.15, 0.2) is 6.10 Å². The first-order chi connectivity index (χ1) is 6.79. The number of benzene rings is 1. The van der Waals surface area contributed by atoms with Gasteiger partial charge in [-0.1, -0.05) is 17.3 Å². The molecule has 1 atom stereocenters. The van der Waals surface area contributed by atoms with Gasteiger partial charge in [0.05, 0.1) is 7.11 Å². The molecular formula is C10H10BrNO2. The van der Waals surface area contributed by atoms with Gasteiger partial charge in [-0.25, -0.2) is 0 Å². The van der Waals surface area contributed by atoms with E-state index < -0.39 is 0 Å². The molecule has 0 saturated carbocycles. The van der Waals surface area contributed by atoms with E-state index in [1.165, 1.54) is 0 Å². The van der Waals surface area contributed by atoms with Gasteiger partial charge >= 0.3 is 0 Å². The predicted molar refractivity (Wildman–Crippen MR) is 57.8 cm³/mol. The fraction of sp³-hybridized carbons (Fsp3) is 0.300. The van der Waals surface area contributed by atoms with Crippen LogP contribution in [0.4, 0.5) is 0 Å². The highest BCUT2D eigenvalue weighted by molar-refractivity contribution is 9.18. The van der Waals surface area contributed by atoms with Crippen LogP contribution in [-0.4, -0.2) is 11.7 Å². The fourth-order valence-electron chi connectivity index (χ4n) is 1.35. The molecule has 0 N–H and O–H groups in total. The summed E-state index contributed by atoms with van der Waals surface area (Å²) in [7, 11) is 1.65. The molecule has 0 unspecified atom stereocenters. The Morgan fingerprint density at radius 3 is 2.64 bits per heavy atom. The van der Waals surface area contributed by atoms with E-state index in [2.05, 4.69) is 21.1 Å². The lowest BCUT2D eigenvalue weighted by atomic mass is 10.1. The van der Waals surface area contributed by atoms with Gasteiger partial charge in [0.25, 0.3) is 0 Å². The van der Waals surface area contributed by atoms with Crippen LogP contribution < -0.4 is 4.74 Å². The summed E-state index contributed by atoms with van der Waals surface area (Å²) in [6, 6.07) is 7.82. The van der Waals surface area contributed by atoms with Gasteiger partial charge in [-0.3, -0.25) is 0 Å². The van der Waals surface area contributed by atoms with E-state index in [-0.39, 0.29) is 6.10 Å². The second-order valence-electron chi connectivity index (χ2n) is 3.04. The first-order valence-electron chi connectivity index (χ1n) is 4.32. The number of rotatable bonds is 2. The van der Waals surface area contributed by atoms with Crippen LogP contribution in [0.1, 0.15) is 18.1 Å². The van der Waals surface area contributed by atoms with Gasteiger partial charge in [0, 0.05) is 6.42 Å². The van der Waals surface area contributed by atoms with Crippen LogP contribution >= 0.6 is 15.9 Å². The average Bonchev–Trinajstić information content (AvgIpc) is 2.65. The van der Waals surface area contributed by atoms with Crippen molar-refractivity contribution in [3.8, 4) is 5.75 Å². The standard InChI is InChI=1S/C10H10BrNO2/c1-13-8-4-2-7(3-5-8)9-6-10(11)12-14-9/h2-5,9H,6H2,1H3/t9-/m0/s1. The van der Waals surface area contributed by atoms with Gasteiger partial charge in [-0.2, -0.15) is 0 Å². The van der Waals surface area contributed by atoms with Crippen molar-refractivity contribution in [3.05, 3.63) is 29.8 Å². The summed E-state index contributed by atoms with van der Waals surface area (Å²) in [6.07, 6.45) is 0.835. The zero-order valence-corrected chi connectivity index (χ0v) is 9.32. The molecule has 1 aliphatic heterocycles. The summed E-state index contributed by atoms with van der Waals surface area (Å²) in [6.45, 7) is 0. The van der Waals surface area contributed by atoms with E-state index in [0.717, 1.165) is 22.4 Å². The molecule has 74 valence electrons. The lowest BCUT2D eigenvalue weighted by molar-refractivity contribution is 0.0857. The summed E-state index contributed by atoms with van der Waals surface area (Å²) < 4.78 is 5.93. The predicted octanol–water partition coefficient (Wildman–Crippen LogP) is 2.87. The molecule has 0 aromatic heterocycles. The monoisotopic (exact) mass is 255 g/mol. The van der Waals surface area contributed by atoms with Crippen molar-refractivity contribution in [2.45, 2.75) is 12.5 Å². The summed E-state index contributed by atoms with van der Waals surface area (Å²) in [5, 5.41) is 3.84. The lowest BCUT2D eigenvalue weighted by Crippen LogP contribution is -1.96. The van der Waals surface area contributed by atoms with Crippen molar-refractivity contribution in [3.63, 3.8) is 0 Å². The Balaban J connectivity index is 2.11.